The highest BCUT2D eigenvalue weighted by atomic mass is 16.5. The van der Waals surface area contributed by atoms with Crippen LogP contribution in [-0.2, 0) is 4.74 Å². The van der Waals surface area contributed by atoms with Gasteiger partial charge in [-0.3, -0.25) is 4.98 Å². The van der Waals surface area contributed by atoms with E-state index in [2.05, 4.69) is 9.98 Å². The summed E-state index contributed by atoms with van der Waals surface area (Å²) in [5.74, 6) is 0.300. The lowest BCUT2D eigenvalue weighted by Crippen LogP contribution is -2.35. The SMILES string of the molecule is COCCN1C(=O)N=C(N)C1c1cncc2ccccc12. The number of hydrogen-bond donors (Lipinski definition) is 1. The zero-order chi connectivity index (χ0) is 14.8. The van der Waals surface area contributed by atoms with Crippen molar-refractivity contribution in [1.82, 2.24) is 9.88 Å². The lowest BCUT2D eigenvalue weighted by Gasteiger charge is -2.24. The van der Waals surface area contributed by atoms with Crippen LogP contribution >= 0.6 is 0 Å². The first kappa shape index (κ1) is 13.5. The Balaban J connectivity index is 2.07. The van der Waals surface area contributed by atoms with E-state index < -0.39 is 0 Å². The van der Waals surface area contributed by atoms with Crippen molar-refractivity contribution in [3.8, 4) is 0 Å². The fraction of sp³-hybridized carbons (Fsp3) is 0.267. The number of methoxy groups -OCH3 is 1. The third kappa shape index (κ3) is 2.34. The molecule has 1 atom stereocenters. The monoisotopic (exact) mass is 284 g/mol. The van der Waals surface area contributed by atoms with E-state index in [1.807, 2.05) is 24.3 Å². The highest BCUT2D eigenvalue weighted by molar-refractivity contribution is 6.05. The average molecular weight is 284 g/mol. The van der Waals surface area contributed by atoms with E-state index in [4.69, 9.17) is 10.5 Å². The Morgan fingerprint density at radius 3 is 2.95 bits per heavy atom. The maximum atomic E-state index is 12.0. The summed E-state index contributed by atoms with van der Waals surface area (Å²) in [6.07, 6.45) is 3.54. The van der Waals surface area contributed by atoms with Gasteiger partial charge in [0.2, 0.25) is 0 Å². The molecule has 3 rings (SSSR count). The van der Waals surface area contributed by atoms with Crippen molar-refractivity contribution in [3.63, 3.8) is 0 Å². The molecule has 0 spiro atoms. The lowest BCUT2D eigenvalue weighted by atomic mass is 10.0. The zero-order valence-electron chi connectivity index (χ0n) is 11.7. The van der Waals surface area contributed by atoms with E-state index in [1.54, 1.807) is 24.4 Å². The van der Waals surface area contributed by atoms with E-state index in [9.17, 15) is 4.79 Å². The number of nitrogens with zero attached hydrogens (tertiary/aromatic N) is 3. The quantitative estimate of drug-likeness (QED) is 0.926. The van der Waals surface area contributed by atoms with Gasteiger partial charge < -0.3 is 15.4 Å². The molecule has 0 fully saturated rings. The summed E-state index contributed by atoms with van der Waals surface area (Å²) in [5.41, 5.74) is 6.86. The van der Waals surface area contributed by atoms with Crippen molar-refractivity contribution in [2.75, 3.05) is 20.3 Å². The van der Waals surface area contributed by atoms with Crippen LogP contribution in [0.4, 0.5) is 4.79 Å². The van der Waals surface area contributed by atoms with Gasteiger partial charge in [-0.15, -0.1) is 0 Å². The van der Waals surface area contributed by atoms with E-state index in [0.29, 0.717) is 19.0 Å². The second-order valence-electron chi connectivity index (χ2n) is 4.86. The van der Waals surface area contributed by atoms with Gasteiger partial charge in [0, 0.05) is 37.0 Å². The molecule has 21 heavy (non-hydrogen) atoms. The molecule has 2 heterocycles. The van der Waals surface area contributed by atoms with Crippen molar-refractivity contribution < 1.29 is 9.53 Å². The molecule has 2 N–H and O–H groups in total. The fourth-order valence-electron chi connectivity index (χ4n) is 2.61. The predicted octanol–water partition coefficient (Wildman–Crippen LogP) is 1.72. The summed E-state index contributed by atoms with van der Waals surface area (Å²) in [7, 11) is 1.60. The third-order valence-corrected chi connectivity index (χ3v) is 3.59. The molecular weight excluding hydrogens is 268 g/mol. The Morgan fingerprint density at radius 1 is 1.33 bits per heavy atom. The van der Waals surface area contributed by atoms with Crippen molar-refractivity contribution >= 4 is 22.6 Å². The van der Waals surface area contributed by atoms with Crippen LogP contribution in [0, 0.1) is 0 Å². The molecule has 0 radical (unpaired) electrons. The second-order valence-corrected chi connectivity index (χ2v) is 4.86. The summed E-state index contributed by atoms with van der Waals surface area (Å²) >= 11 is 0. The minimum absolute atomic E-state index is 0.300. The van der Waals surface area contributed by atoms with Crippen LogP contribution in [0.1, 0.15) is 11.6 Å². The molecular formula is C15H16N4O2. The van der Waals surface area contributed by atoms with Gasteiger partial charge >= 0.3 is 6.03 Å². The Hall–Kier alpha value is -2.47. The van der Waals surface area contributed by atoms with Crippen molar-refractivity contribution in [3.05, 3.63) is 42.2 Å². The molecule has 1 aliphatic heterocycles. The van der Waals surface area contributed by atoms with Gasteiger partial charge in [0.25, 0.3) is 0 Å². The number of urea groups is 1. The number of amidine groups is 1. The van der Waals surface area contributed by atoms with Crippen LogP contribution in [0.25, 0.3) is 10.8 Å². The van der Waals surface area contributed by atoms with E-state index in [1.165, 1.54) is 0 Å². The topological polar surface area (TPSA) is 80.8 Å². The van der Waals surface area contributed by atoms with Gasteiger partial charge in [-0.1, -0.05) is 24.3 Å². The van der Waals surface area contributed by atoms with Crippen LogP contribution in [-0.4, -0.2) is 42.0 Å². The zero-order valence-corrected chi connectivity index (χ0v) is 11.7. The first-order valence-corrected chi connectivity index (χ1v) is 6.68. The largest absolute Gasteiger partial charge is 0.385 e. The standard InChI is InChI=1S/C15H16N4O2/c1-21-7-6-19-13(14(16)18-15(19)20)12-9-17-8-10-4-2-3-5-11(10)12/h2-5,8-9,13H,6-7H2,1H3,(H2,16,18,20). The number of rotatable bonds is 4. The lowest BCUT2D eigenvalue weighted by molar-refractivity contribution is 0.150. The number of benzene rings is 1. The Bertz CT molecular complexity index is 708. The number of carbonyl (C=O) groups excluding carboxylic acids is 1. The van der Waals surface area contributed by atoms with E-state index in [-0.39, 0.29) is 12.1 Å². The maximum absolute atomic E-state index is 12.0. The fourth-order valence-corrected chi connectivity index (χ4v) is 2.61. The van der Waals surface area contributed by atoms with Gasteiger partial charge in [0.15, 0.2) is 0 Å². The van der Waals surface area contributed by atoms with Crippen LogP contribution in [0.5, 0.6) is 0 Å². The third-order valence-electron chi connectivity index (χ3n) is 3.59. The van der Waals surface area contributed by atoms with Gasteiger partial charge in [0.1, 0.15) is 11.9 Å². The summed E-state index contributed by atoms with van der Waals surface area (Å²) in [6, 6.07) is 7.17. The molecule has 1 unspecified atom stereocenters. The molecule has 1 aliphatic rings. The molecule has 1 aromatic heterocycles. The molecule has 2 aromatic rings. The summed E-state index contributed by atoms with van der Waals surface area (Å²) in [4.78, 5) is 21.7. The number of hydrogen-bond acceptors (Lipinski definition) is 4. The first-order valence-electron chi connectivity index (χ1n) is 6.68. The van der Waals surface area contributed by atoms with Crippen LogP contribution in [0.3, 0.4) is 0 Å². The van der Waals surface area contributed by atoms with Gasteiger partial charge in [-0.2, -0.15) is 4.99 Å². The van der Waals surface area contributed by atoms with Crippen molar-refractivity contribution in [1.29, 1.82) is 0 Å². The minimum Gasteiger partial charge on any atom is -0.385 e. The number of pyridine rings is 1. The average Bonchev–Trinajstić information content (AvgIpc) is 2.78. The van der Waals surface area contributed by atoms with Gasteiger partial charge in [-0.25, -0.2) is 4.79 Å². The second kappa shape index (κ2) is 5.49. The predicted molar refractivity (Wildman–Crippen MR) is 80.1 cm³/mol. The number of aliphatic imine (C=N–C) groups is 1. The maximum Gasteiger partial charge on any atom is 0.346 e. The molecule has 6 heteroatoms. The molecule has 1 aromatic carbocycles. The van der Waals surface area contributed by atoms with Crippen LogP contribution < -0.4 is 5.73 Å². The molecule has 0 saturated carbocycles. The number of fused-ring (bicyclic) bond motifs is 1. The molecule has 2 amide bonds. The van der Waals surface area contributed by atoms with Crippen molar-refractivity contribution in [2.24, 2.45) is 10.7 Å². The normalized spacial score (nSPS) is 18.3. The summed E-state index contributed by atoms with van der Waals surface area (Å²) in [5, 5.41) is 2.03. The number of carbonyl (C=O) groups is 1. The Morgan fingerprint density at radius 2 is 2.14 bits per heavy atom. The molecule has 0 aliphatic carbocycles. The van der Waals surface area contributed by atoms with E-state index >= 15 is 0 Å². The minimum atomic E-state index is -0.383. The Labute approximate surface area is 122 Å². The van der Waals surface area contributed by atoms with Crippen LogP contribution in [0.2, 0.25) is 0 Å². The highest BCUT2D eigenvalue weighted by Crippen LogP contribution is 2.31. The van der Waals surface area contributed by atoms with Crippen LogP contribution in [0.15, 0.2) is 41.7 Å². The molecule has 0 saturated heterocycles. The smallest absolute Gasteiger partial charge is 0.346 e. The summed E-state index contributed by atoms with van der Waals surface area (Å²) < 4.78 is 5.06. The van der Waals surface area contributed by atoms with Gasteiger partial charge in [0.05, 0.1) is 6.61 Å². The summed E-state index contributed by atoms with van der Waals surface area (Å²) in [6.45, 7) is 0.872. The van der Waals surface area contributed by atoms with Gasteiger partial charge in [-0.05, 0) is 5.39 Å². The molecule has 0 bridgehead atoms. The van der Waals surface area contributed by atoms with E-state index in [0.717, 1.165) is 16.3 Å². The molecule has 108 valence electrons. The highest BCUT2D eigenvalue weighted by Gasteiger charge is 2.35. The molecule has 6 nitrogen and oxygen atoms in total. The number of nitrogens with two attached hydrogens (primary N) is 1. The number of aromatic nitrogens is 1. The van der Waals surface area contributed by atoms with Crippen molar-refractivity contribution in [2.45, 2.75) is 6.04 Å². The first-order chi connectivity index (χ1) is 10.2. The number of ether oxygens (including phenoxy) is 1. The number of amides is 2. The Kier molecular flexibility index (Phi) is 3.53.